The largest absolute Gasteiger partial charge is 0.497 e. The van der Waals surface area contributed by atoms with E-state index in [-0.39, 0.29) is 30.5 Å². The second-order valence-electron chi connectivity index (χ2n) is 9.92. The SMILES string of the molecule is COc1ccc(COC(=O)C2=C(Sc3cccc(-c4cccs4)c3)CS[C@H]3[C@H](NC(=O)Cc4ccccc4)C(=O)N23)cc1. The molecule has 1 N–H and O–H groups in total. The van der Waals surface area contributed by atoms with Gasteiger partial charge in [-0.1, -0.05) is 72.4 Å². The van der Waals surface area contributed by atoms with Gasteiger partial charge in [-0.3, -0.25) is 14.5 Å². The number of nitrogens with zero attached hydrogens (tertiary/aromatic N) is 1. The summed E-state index contributed by atoms with van der Waals surface area (Å²) in [6.07, 6.45) is 0.177. The van der Waals surface area contributed by atoms with Gasteiger partial charge in [-0.05, 0) is 52.4 Å². The summed E-state index contributed by atoms with van der Waals surface area (Å²) in [6.45, 7) is 0.0508. The number of β-lactam (4-membered cyclic amide) rings is 1. The Hall–Kier alpha value is -3.99. The minimum Gasteiger partial charge on any atom is -0.497 e. The zero-order valence-corrected chi connectivity index (χ0v) is 25.7. The van der Waals surface area contributed by atoms with Crippen molar-refractivity contribution in [3.05, 3.63) is 118 Å². The highest BCUT2D eigenvalue weighted by molar-refractivity contribution is 8.06. The summed E-state index contributed by atoms with van der Waals surface area (Å²) < 4.78 is 11.0. The molecule has 4 aromatic rings. The van der Waals surface area contributed by atoms with Crippen molar-refractivity contribution in [1.29, 1.82) is 0 Å². The van der Waals surface area contributed by atoms with Gasteiger partial charge in [-0.2, -0.15) is 0 Å². The molecule has 3 heterocycles. The van der Waals surface area contributed by atoms with Gasteiger partial charge < -0.3 is 14.8 Å². The van der Waals surface area contributed by atoms with E-state index in [1.807, 2.05) is 66.0 Å². The molecule has 218 valence electrons. The number of thioether (sulfide) groups is 2. The van der Waals surface area contributed by atoms with E-state index in [1.54, 1.807) is 30.6 Å². The van der Waals surface area contributed by atoms with Gasteiger partial charge in [-0.25, -0.2) is 4.79 Å². The molecular weight excluding hydrogens is 601 g/mol. The molecule has 6 rings (SSSR count). The summed E-state index contributed by atoms with van der Waals surface area (Å²) in [7, 11) is 1.59. The molecule has 1 aromatic heterocycles. The summed E-state index contributed by atoms with van der Waals surface area (Å²) in [5.74, 6) is 0.0872. The topological polar surface area (TPSA) is 84.9 Å². The van der Waals surface area contributed by atoms with E-state index in [0.717, 1.165) is 31.4 Å². The molecule has 2 amide bonds. The Labute approximate surface area is 262 Å². The van der Waals surface area contributed by atoms with Crippen LogP contribution in [0.25, 0.3) is 10.4 Å². The molecule has 0 radical (unpaired) electrons. The van der Waals surface area contributed by atoms with Crippen LogP contribution in [-0.2, 0) is 32.1 Å². The van der Waals surface area contributed by atoms with Crippen molar-refractivity contribution in [3.63, 3.8) is 0 Å². The highest BCUT2D eigenvalue weighted by Gasteiger charge is 2.54. The van der Waals surface area contributed by atoms with Gasteiger partial charge in [-0.15, -0.1) is 23.1 Å². The van der Waals surface area contributed by atoms with Gasteiger partial charge in [0.25, 0.3) is 5.91 Å². The number of methoxy groups -OCH3 is 1. The molecule has 0 bridgehead atoms. The lowest BCUT2D eigenvalue weighted by atomic mass is 10.0. The maximum atomic E-state index is 13.6. The standard InChI is InChI=1S/C33H28N2O5S3/c1-39-24-14-12-22(13-15-24)19-40-33(38)30-27(43-25-10-5-9-23(18-25)26-11-6-16-41-26)20-42-32-29(31(37)35(30)32)34-28(36)17-21-7-3-2-4-8-21/h2-16,18,29,32H,17,19-20H2,1H3,(H,34,36)/t29-,32+/m1/s1. The van der Waals surface area contributed by atoms with Crippen LogP contribution in [0.2, 0.25) is 0 Å². The van der Waals surface area contributed by atoms with Gasteiger partial charge >= 0.3 is 5.97 Å². The molecule has 2 aliphatic rings. The minimum atomic E-state index is -0.709. The number of amides is 2. The van der Waals surface area contributed by atoms with Crippen molar-refractivity contribution >= 4 is 52.6 Å². The van der Waals surface area contributed by atoms with Crippen LogP contribution < -0.4 is 10.1 Å². The number of hydrogen-bond acceptors (Lipinski definition) is 8. The van der Waals surface area contributed by atoms with E-state index >= 15 is 0 Å². The Balaban J connectivity index is 1.23. The molecule has 43 heavy (non-hydrogen) atoms. The van der Waals surface area contributed by atoms with Crippen molar-refractivity contribution in [1.82, 2.24) is 10.2 Å². The maximum Gasteiger partial charge on any atom is 0.356 e. The molecule has 2 atom stereocenters. The molecule has 1 fully saturated rings. The molecular formula is C33H28N2O5S3. The number of hydrogen-bond donors (Lipinski definition) is 1. The summed E-state index contributed by atoms with van der Waals surface area (Å²) in [6, 6.07) is 28.2. The number of carbonyl (C=O) groups is 3. The Bertz CT molecular complexity index is 1660. The van der Waals surface area contributed by atoms with E-state index in [2.05, 4.69) is 23.5 Å². The van der Waals surface area contributed by atoms with Gasteiger partial charge in [0.1, 0.15) is 29.5 Å². The molecule has 0 unspecified atom stereocenters. The number of thiophene rings is 1. The van der Waals surface area contributed by atoms with Gasteiger partial charge in [0, 0.05) is 20.4 Å². The summed E-state index contributed by atoms with van der Waals surface area (Å²) >= 11 is 4.66. The molecule has 2 aliphatic heterocycles. The third kappa shape index (κ3) is 6.51. The normalized spacial score (nSPS) is 17.6. The van der Waals surface area contributed by atoms with Crippen LogP contribution in [0.5, 0.6) is 5.75 Å². The number of fused-ring (bicyclic) bond motifs is 1. The van der Waals surface area contributed by atoms with Gasteiger partial charge in [0.05, 0.1) is 13.5 Å². The first-order valence-electron chi connectivity index (χ1n) is 13.6. The Kier molecular flexibility index (Phi) is 8.87. The van der Waals surface area contributed by atoms with Crippen LogP contribution in [0.4, 0.5) is 0 Å². The molecule has 10 heteroatoms. The highest BCUT2D eigenvalue weighted by atomic mass is 32.2. The lowest BCUT2D eigenvalue weighted by Gasteiger charge is -2.49. The molecule has 0 spiro atoms. The summed E-state index contributed by atoms with van der Waals surface area (Å²) in [4.78, 5) is 44.3. The molecule has 3 aromatic carbocycles. The van der Waals surface area contributed by atoms with E-state index in [9.17, 15) is 14.4 Å². The van der Waals surface area contributed by atoms with E-state index in [1.165, 1.54) is 28.4 Å². The zero-order chi connectivity index (χ0) is 29.8. The summed E-state index contributed by atoms with van der Waals surface area (Å²) in [5.41, 5.74) is 3.00. The lowest BCUT2D eigenvalue weighted by Crippen LogP contribution is -2.70. The van der Waals surface area contributed by atoms with Crippen molar-refractivity contribution in [2.24, 2.45) is 0 Å². The number of rotatable bonds is 10. The molecule has 7 nitrogen and oxygen atoms in total. The fourth-order valence-corrected chi connectivity index (χ4v) is 8.16. The van der Waals surface area contributed by atoms with Crippen molar-refractivity contribution < 1.29 is 23.9 Å². The van der Waals surface area contributed by atoms with Crippen LogP contribution in [0.3, 0.4) is 0 Å². The minimum absolute atomic E-state index is 0.0508. The number of carbonyl (C=O) groups excluding carboxylic acids is 3. The smallest absolute Gasteiger partial charge is 0.356 e. The molecule has 0 aliphatic carbocycles. The number of ether oxygens (including phenoxy) is 2. The third-order valence-electron chi connectivity index (χ3n) is 7.06. The van der Waals surface area contributed by atoms with Crippen molar-refractivity contribution in [2.45, 2.75) is 29.3 Å². The van der Waals surface area contributed by atoms with E-state index in [4.69, 9.17) is 9.47 Å². The average Bonchev–Trinajstić information content (AvgIpc) is 3.59. The molecule has 0 saturated carbocycles. The number of esters is 1. The number of nitrogens with one attached hydrogen (secondary N) is 1. The maximum absolute atomic E-state index is 13.6. The van der Waals surface area contributed by atoms with E-state index in [0.29, 0.717) is 11.5 Å². The Morgan fingerprint density at radius 2 is 1.79 bits per heavy atom. The Morgan fingerprint density at radius 1 is 0.977 bits per heavy atom. The Morgan fingerprint density at radius 3 is 2.53 bits per heavy atom. The first-order chi connectivity index (χ1) is 21.0. The fourth-order valence-electron chi connectivity index (χ4n) is 4.90. The summed E-state index contributed by atoms with van der Waals surface area (Å²) in [5, 5.41) is 4.53. The second kappa shape index (κ2) is 13.1. The average molecular weight is 629 g/mol. The van der Waals surface area contributed by atoms with Crippen LogP contribution in [-0.4, -0.2) is 47.0 Å². The predicted molar refractivity (Wildman–Crippen MR) is 171 cm³/mol. The highest BCUT2D eigenvalue weighted by Crippen LogP contribution is 2.46. The van der Waals surface area contributed by atoms with Crippen molar-refractivity contribution in [3.8, 4) is 16.2 Å². The van der Waals surface area contributed by atoms with Crippen molar-refractivity contribution in [2.75, 3.05) is 12.9 Å². The predicted octanol–water partition coefficient (Wildman–Crippen LogP) is 6.11. The first-order valence-corrected chi connectivity index (χ1v) is 16.4. The lowest BCUT2D eigenvalue weighted by molar-refractivity contribution is -0.153. The molecule has 1 saturated heterocycles. The monoisotopic (exact) mass is 628 g/mol. The number of benzene rings is 3. The van der Waals surface area contributed by atoms with E-state index < -0.39 is 17.4 Å². The van der Waals surface area contributed by atoms with Crippen LogP contribution >= 0.6 is 34.9 Å². The van der Waals surface area contributed by atoms with Crippen LogP contribution in [0.15, 0.2) is 112 Å². The second-order valence-corrected chi connectivity index (χ2v) is 13.1. The first kappa shape index (κ1) is 29.1. The quantitative estimate of drug-likeness (QED) is 0.168. The zero-order valence-electron chi connectivity index (χ0n) is 23.2. The van der Waals surface area contributed by atoms with Gasteiger partial charge in [0.2, 0.25) is 5.91 Å². The third-order valence-corrected chi connectivity index (χ3v) is 10.5. The van der Waals surface area contributed by atoms with Crippen LogP contribution in [0.1, 0.15) is 11.1 Å². The fraction of sp³-hybridized carbons (Fsp3) is 0.182. The van der Waals surface area contributed by atoms with Gasteiger partial charge in [0.15, 0.2) is 0 Å². The van der Waals surface area contributed by atoms with Crippen LogP contribution in [0, 0.1) is 0 Å².